The number of carbonyl (C=O) groups is 3. The molecule has 0 radical (unpaired) electrons. The normalized spacial score (nSPS) is 10.7. The SMILES string of the molecule is CC(=O)CCC(=O)c1cc(Br)ccc1OCc1ccc(F)cc1F.Cc1ccc(-c2cc(Br)ccc2OCc2ccc(F)cc2F)n1-c1cccc(C(=O)N(C)C)c1. The summed E-state index contributed by atoms with van der Waals surface area (Å²) in [4.78, 5) is 37.4. The van der Waals surface area contributed by atoms with E-state index in [9.17, 15) is 31.9 Å². The number of amides is 1. The van der Waals surface area contributed by atoms with Gasteiger partial charge < -0.3 is 23.7 Å². The molecule has 1 aromatic heterocycles. The van der Waals surface area contributed by atoms with Crippen molar-refractivity contribution in [3.8, 4) is 28.4 Å². The Morgan fingerprint density at radius 1 is 0.672 bits per heavy atom. The molecule has 0 aliphatic heterocycles. The van der Waals surface area contributed by atoms with Gasteiger partial charge in [-0.25, -0.2) is 17.6 Å². The summed E-state index contributed by atoms with van der Waals surface area (Å²) in [5.41, 5.74) is 4.78. The third kappa shape index (κ3) is 11.3. The molecule has 0 unspecified atom stereocenters. The first-order chi connectivity index (χ1) is 27.6. The number of Topliss-reactive ketones (excluding diaryl/α,β-unsaturated/α-hetero) is 2. The molecule has 6 rings (SSSR count). The zero-order valence-corrected chi connectivity index (χ0v) is 35.1. The number of halogens is 6. The summed E-state index contributed by atoms with van der Waals surface area (Å²) in [7, 11) is 3.44. The third-order valence-corrected chi connectivity index (χ3v) is 9.78. The fraction of sp³-hybridized carbons (Fsp3) is 0.178. The van der Waals surface area contributed by atoms with Gasteiger partial charge in [-0.3, -0.25) is 9.59 Å². The van der Waals surface area contributed by atoms with Crippen LogP contribution in [-0.4, -0.2) is 41.0 Å². The highest BCUT2D eigenvalue weighted by Crippen LogP contribution is 2.36. The second-order valence-corrected chi connectivity index (χ2v) is 15.2. The maximum atomic E-state index is 14.1. The van der Waals surface area contributed by atoms with Gasteiger partial charge in [-0.05, 0) is 105 Å². The Labute approximate surface area is 350 Å². The second-order valence-electron chi connectivity index (χ2n) is 13.4. The molecule has 6 aromatic rings. The molecule has 7 nitrogen and oxygen atoms in total. The highest BCUT2D eigenvalue weighted by atomic mass is 79.9. The Balaban J connectivity index is 0.000000235. The number of rotatable bonds is 13. The van der Waals surface area contributed by atoms with Crippen molar-refractivity contribution in [1.82, 2.24) is 9.47 Å². The van der Waals surface area contributed by atoms with Crippen molar-refractivity contribution in [2.45, 2.75) is 39.9 Å². The van der Waals surface area contributed by atoms with Crippen LogP contribution in [0.3, 0.4) is 0 Å². The van der Waals surface area contributed by atoms with Gasteiger partial charge in [0.2, 0.25) is 0 Å². The largest absolute Gasteiger partial charge is 0.488 e. The summed E-state index contributed by atoms with van der Waals surface area (Å²) in [6.07, 6.45) is 0.227. The van der Waals surface area contributed by atoms with Crippen LogP contribution >= 0.6 is 31.9 Å². The minimum absolute atomic E-state index is 0.0484. The first kappa shape index (κ1) is 43.6. The highest BCUT2D eigenvalue weighted by Gasteiger charge is 2.18. The number of carbonyl (C=O) groups excluding carboxylic acids is 3. The number of hydrogen-bond donors (Lipinski definition) is 0. The molecule has 1 heterocycles. The van der Waals surface area contributed by atoms with Crippen molar-refractivity contribution in [3.05, 3.63) is 169 Å². The third-order valence-electron chi connectivity index (χ3n) is 8.79. The number of aromatic nitrogens is 1. The van der Waals surface area contributed by atoms with Crippen molar-refractivity contribution in [2.75, 3.05) is 14.1 Å². The van der Waals surface area contributed by atoms with Gasteiger partial charge in [0, 0.05) is 81.7 Å². The lowest BCUT2D eigenvalue weighted by molar-refractivity contribution is -0.117. The molecular formula is C45H38Br2F4N2O5. The van der Waals surface area contributed by atoms with Crippen LogP contribution in [-0.2, 0) is 18.0 Å². The number of ether oxygens (including phenoxy) is 2. The van der Waals surface area contributed by atoms with Crippen molar-refractivity contribution in [2.24, 2.45) is 0 Å². The van der Waals surface area contributed by atoms with E-state index in [-0.39, 0.29) is 60.4 Å². The van der Waals surface area contributed by atoms with Crippen LogP contribution in [0, 0.1) is 30.2 Å². The quantitative estimate of drug-likeness (QED) is 0.0852. The van der Waals surface area contributed by atoms with Gasteiger partial charge in [0.1, 0.15) is 53.8 Å². The number of benzene rings is 5. The molecule has 0 fully saturated rings. The van der Waals surface area contributed by atoms with E-state index >= 15 is 0 Å². The van der Waals surface area contributed by atoms with Crippen LogP contribution in [0.15, 0.2) is 118 Å². The Morgan fingerprint density at radius 3 is 1.84 bits per heavy atom. The van der Waals surface area contributed by atoms with E-state index in [2.05, 4.69) is 31.9 Å². The van der Waals surface area contributed by atoms with Crippen LogP contribution in [0.5, 0.6) is 11.5 Å². The van der Waals surface area contributed by atoms with Crippen LogP contribution in [0.2, 0.25) is 0 Å². The zero-order chi connectivity index (χ0) is 42.1. The topological polar surface area (TPSA) is 77.8 Å². The van der Waals surface area contributed by atoms with E-state index in [4.69, 9.17) is 9.47 Å². The summed E-state index contributed by atoms with van der Waals surface area (Å²) in [6.45, 7) is 3.22. The molecule has 13 heteroatoms. The highest BCUT2D eigenvalue weighted by molar-refractivity contribution is 9.10. The lowest BCUT2D eigenvalue weighted by Crippen LogP contribution is -2.21. The van der Waals surface area contributed by atoms with Crippen molar-refractivity contribution < 1.29 is 41.4 Å². The predicted octanol–water partition coefficient (Wildman–Crippen LogP) is 11.6. The molecule has 58 heavy (non-hydrogen) atoms. The van der Waals surface area contributed by atoms with Gasteiger partial charge in [-0.1, -0.05) is 37.9 Å². The molecule has 5 aromatic carbocycles. The van der Waals surface area contributed by atoms with E-state index in [1.165, 1.54) is 30.0 Å². The van der Waals surface area contributed by atoms with Crippen LogP contribution in [0.1, 0.15) is 57.3 Å². The summed E-state index contributed by atoms with van der Waals surface area (Å²) >= 11 is 6.81. The number of nitrogens with zero attached hydrogens (tertiary/aromatic N) is 2. The summed E-state index contributed by atoms with van der Waals surface area (Å²) < 4.78 is 69.1. The minimum Gasteiger partial charge on any atom is -0.488 e. The average Bonchev–Trinajstić information content (AvgIpc) is 3.57. The Morgan fingerprint density at radius 2 is 1.26 bits per heavy atom. The molecule has 0 bridgehead atoms. The van der Waals surface area contributed by atoms with Gasteiger partial charge in [0.15, 0.2) is 5.78 Å². The predicted molar refractivity (Wildman–Crippen MR) is 221 cm³/mol. The first-order valence-corrected chi connectivity index (χ1v) is 19.5. The van der Waals surface area contributed by atoms with E-state index in [1.807, 2.05) is 54.0 Å². The fourth-order valence-electron chi connectivity index (χ4n) is 5.81. The molecule has 0 spiro atoms. The monoisotopic (exact) mass is 920 g/mol. The van der Waals surface area contributed by atoms with E-state index in [0.29, 0.717) is 21.3 Å². The van der Waals surface area contributed by atoms with Gasteiger partial charge in [-0.15, -0.1) is 0 Å². The minimum atomic E-state index is -0.712. The van der Waals surface area contributed by atoms with Gasteiger partial charge >= 0.3 is 0 Å². The number of ketones is 2. The molecular weight excluding hydrogens is 884 g/mol. The van der Waals surface area contributed by atoms with Gasteiger partial charge in [0.05, 0.1) is 11.3 Å². The standard InChI is InChI=1S/C27H23BrF2N2O2.C18H15BrF2O3/c1-17-7-11-25(32(17)22-6-4-5-18(13-22)27(33)31(2)3)23-14-20(28)9-12-26(23)34-16-19-8-10-21(29)15-24(19)30;1-11(22)2-6-17(23)15-8-13(19)4-7-18(15)24-10-12-3-5-14(20)9-16(12)21/h4-15H,16H2,1-3H3;3-5,7-9H,2,6,10H2,1H3. The van der Waals surface area contributed by atoms with Crippen LogP contribution in [0.25, 0.3) is 16.9 Å². The summed E-state index contributed by atoms with van der Waals surface area (Å²) in [5, 5.41) is 0. The molecule has 300 valence electrons. The summed E-state index contributed by atoms with van der Waals surface area (Å²) in [5.74, 6) is -2.22. The fourth-order valence-corrected chi connectivity index (χ4v) is 6.54. The van der Waals surface area contributed by atoms with Crippen LogP contribution < -0.4 is 9.47 Å². The maximum Gasteiger partial charge on any atom is 0.253 e. The van der Waals surface area contributed by atoms with Gasteiger partial charge in [-0.2, -0.15) is 0 Å². The first-order valence-electron chi connectivity index (χ1n) is 17.9. The molecule has 0 aliphatic carbocycles. The molecule has 0 aliphatic rings. The second kappa shape index (κ2) is 19.8. The van der Waals surface area contributed by atoms with Crippen molar-refractivity contribution in [3.63, 3.8) is 0 Å². The zero-order valence-electron chi connectivity index (χ0n) is 31.9. The molecule has 0 atom stereocenters. The molecule has 0 saturated heterocycles. The lowest BCUT2D eigenvalue weighted by Gasteiger charge is -2.17. The Hall–Kier alpha value is -5.53. The van der Waals surface area contributed by atoms with E-state index < -0.39 is 23.3 Å². The van der Waals surface area contributed by atoms with Crippen molar-refractivity contribution >= 4 is 49.3 Å². The van der Waals surface area contributed by atoms with E-state index in [1.54, 1.807) is 44.4 Å². The molecule has 0 N–H and O–H groups in total. The molecule has 1 amide bonds. The summed E-state index contributed by atoms with van der Waals surface area (Å²) in [6, 6.07) is 28.5. The average molecular weight is 923 g/mol. The lowest BCUT2D eigenvalue weighted by atomic mass is 10.0. The smallest absolute Gasteiger partial charge is 0.253 e. The Bertz CT molecular complexity index is 2470. The number of hydrogen-bond acceptors (Lipinski definition) is 5. The van der Waals surface area contributed by atoms with Crippen LogP contribution in [0.4, 0.5) is 17.6 Å². The van der Waals surface area contributed by atoms with Crippen molar-refractivity contribution in [1.29, 1.82) is 0 Å². The number of aryl methyl sites for hydroxylation is 1. The molecule has 0 saturated carbocycles. The Kier molecular flexibility index (Phi) is 14.8. The van der Waals surface area contributed by atoms with E-state index in [0.717, 1.165) is 45.3 Å². The maximum absolute atomic E-state index is 14.1. The van der Waals surface area contributed by atoms with Gasteiger partial charge in [0.25, 0.3) is 5.91 Å².